The van der Waals surface area contributed by atoms with Gasteiger partial charge in [-0.25, -0.2) is 0 Å². The SMILES string of the molecule is CC(C)C(NC(=O)c1ccccc1)C(=O)N(Cc1ccccc1)Cc1ccco1. The van der Waals surface area contributed by atoms with E-state index in [2.05, 4.69) is 5.32 Å². The van der Waals surface area contributed by atoms with Crippen molar-refractivity contribution < 1.29 is 14.0 Å². The van der Waals surface area contributed by atoms with Crippen molar-refractivity contribution in [2.24, 2.45) is 5.92 Å². The van der Waals surface area contributed by atoms with Gasteiger partial charge in [0, 0.05) is 12.1 Å². The molecular weight excluding hydrogens is 364 g/mol. The number of benzene rings is 2. The highest BCUT2D eigenvalue weighted by Gasteiger charge is 2.29. The summed E-state index contributed by atoms with van der Waals surface area (Å²) < 4.78 is 5.46. The monoisotopic (exact) mass is 390 g/mol. The van der Waals surface area contributed by atoms with Crippen LogP contribution in [0.2, 0.25) is 0 Å². The largest absolute Gasteiger partial charge is 0.467 e. The molecule has 0 bridgehead atoms. The number of furan rings is 1. The molecule has 1 unspecified atom stereocenters. The van der Waals surface area contributed by atoms with Gasteiger partial charge in [-0.3, -0.25) is 9.59 Å². The maximum Gasteiger partial charge on any atom is 0.251 e. The van der Waals surface area contributed by atoms with Crippen LogP contribution in [0.15, 0.2) is 83.5 Å². The molecule has 0 aliphatic heterocycles. The lowest BCUT2D eigenvalue weighted by Crippen LogP contribution is -2.50. The van der Waals surface area contributed by atoms with Gasteiger partial charge in [0.1, 0.15) is 11.8 Å². The Bertz CT molecular complexity index is 906. The van der Waals surface area contributed by atoms with Gasteiger partial charge in [0.25, 0.3) is 5.91 Å². The highest BCUT2D eigenvalue weighted by Crippen LogP contribution is 2.15. The van der Waals surface area contributed by atoms with E-state index in [-0.39, 0.29) is 17.7 Å². The van der Waals surface area contributed by atoms with E-state index in [0.29, 0.717) is 24.4 Å². The summed E-state index contributed by atoms with van der Waals surface area (Å²) in [5.74, 6) is 0.246. The normalized spacial score (nSPS) is 11.8. The molecule has 0 aliphatic rings. The van der Waals surface area contributed by atoms with E-state index < -0.39 is 6.04 Å². The number of amides is 2. The van der Waals surface area contributed by atoms with Gasteiger partial charge in [-0.1, -0.05) is 62.4 Å². The smallest absolute Gasteiger partial charge is 0.251 e. The van der Waals surface area contributed by atoms with Crippen molar-refractivity contribution in [2.75, 3.05) is 0 Å². The highest BCUT2D eigenvalue weighted by atomic mass is 16.3. The van der Waals surface area contributed by atoms with Crippen molar-refractivity contribution in [3.63, 3.8) is 0 Å². The molecular formula is C24H26N2O3. The lowest BCUT2D eigenvalue weighted by molar-refractivity contribution is -0.135. The molecule has 1 heterocycles. The quantitative estimate of drug-likeness (QED) is 0.625. The first kappa shape index (κ1) is 20.4. The third-order valence-corrected chi connectivity index (χ3v) is 4.71. The van der Waals surface area contributed by atoms with Crippen LogP contribution in [0.25, 0.3) is 0 Å². The standard InChI is InChI=1S/C24H26N2O3/c1-18(2)22(25-23(27)20-12-7-4-8-13-20)24(28)26(17-21-14-9-15-29-21)16-19-10-5-3-6-11-19/h3-15,18,22H,16-17H2,1-2H3,(H,25,27). The van der Waals surface area contributed by atoms with E-state index in [1.165, 1.54) is 0 Å². The van der Waals surface area contributed by atoms with Crippen molar-refractivity contribution in [3.05, 3.63) is 95.9 Å². The van der Waals surface area contributed by atoms with Crippen LogP contribution in [0.3, 0.4) is 0 Å². The zero-order chi connectivity index (χ0) is 20.6. The van der Waals surface area contributed by atoms with E-state index in [0.717, 1.165) is 5.56 Å². The van der Waals surface area contributed by atoms with Crippen LogP contribution < -0.4 is 5.32 Å². The molecule has 2 amide bonds. The van der Waals surface area contributed by atoms with E-state index in [1.54, 1.807) is 41.5 Å². The molecule has 5 nitrogen and oxygen atoms in total. The van der Waals surface area contributed by atoms with Gasteiger partial charge in [0.05, 0.1) is 12.8 Å². The van der Waals surface area contributed by atoms with Crippen LogP contribution in [0.1, 0.15) is 35.5 Å². The predicted octanol–water partition coefficient (Wildman–Crippen LogP) is 4.26. The molecule has 0 saturated carbocycles. The van der Waals surface area contributed by atoms with E-state index in [9.17, 15) is 9.59 Å². The van der Waals surface area contributed by atoms with Crippen LogP contribution in [0.4, 0.5) is 0 Å². The Labute approximate surface area is 171 Å². The second kappa shape index (κ2) is 9.73. The fourth-order valence-electron chi connectivity index (χ4n) is 3.13. The highest BCUT2D eigenvalue weighted by molar-refractivity contribution is 5.97. The van der Waals surface area contributed by atoms with Gasteiger partial charge in [0.2, 0.25) is 5.91 Å². The molecule has 0 fully saturated rings. The summed E-state index contributed by atoms with van der Waals surface area (Å²) >= 11 is 0. The van der Waals surface area contributed by atoms with Crippen molar-refractivity contribution in [1.29, 1.82) is 0 Å². The third kappa shape index (κ3) is 5.57. The molecule has 1 atom stereocenters. The molecule has 29 heavy (non-hydrogen) atoms. The lowest BCUT2D eigenvalue weighted by Gasteiger charge is -2.29. The fraction of sp³-hybridized carbons (Fsp3) is 0.250. The molecule has 0 saturated heterocycles. The van der Waals surface area contributed by atoms with E-state index in [1.807, 2.05) is 56.3 Å². The zero-order valence-corrected chi connectivity index (χ0v) is 16.7. The molecule has 0 radical (unpaired) electrons. The Morgan fingerprint density at radius 1 is 0.897 bits per heavy atom. The molecule has 5 heteroatoms. The van der Waals surface area contributed by atoms with Crippen LogP contribution in [0.5, 0.6) is 0 Å². The second-order valence-corrected chi connectivity index (χ2v) is 7.32. The number of carbonyl (C=O) groups excluding carboxylic acids is 2. The average molecular weight is 390 g/mol. The molecule has 3 aromatic rings. The van der Waals surface area contributed by atoms with Gasteiger partial charge >= 0.3 is 0 Å². The molecule has 150 valence electrons. The van der Waals surface area contributed by atoms with Crippen LogP contribution in [0, 0.1) is 5.92 Å². The Balaban J connectivity index is 1.81. The lowest BCUT2D eigenvalue weighted by atomic mass is 10.0. The van der Waals surface area contributed by atoms with Gasteiger partial charge in [-0.2, -0.15) is 0 Å². The maximum atomic E-state index is 13.5. The van der Waals surface area contributed by atoms with Crippen LogP contribution in [-0.4, -0.2) is 22.8 Å². The fourth-order valence-corrected chi connectivity index (χ4v) is 3.13. The Hall–Kier alpha value is -3.34. The van der Waals surface area contributed by atoms with Crippen LogP contribution >= 0.6 is 0 Å². The first-order valence-corrected chi connectivity index (χ1v) is 9.75. The first-order chi connectivity index (χ1) is 14.0. The van der Waals surface area contributed by atoms with Gasteiger partial charge in [-0.15, -0.1) is 0 Å². The maximum absolute atomic E-state index is 13.5. The molecule has 0 spiro atoms. The summed E-state index contributed by atoms with van der Waals surface area (Å²) in [6.45, 7) is 4.64. The summed E-state index contributed by atoms with van der Waals surface area (Å²) in [5.41, 5.74) is 1.55. The van der Waals surface area contributed by atoms with E-state index in [4.69, 9.17) is 4.42 Å². The molecule has 0 aliphatic carbocycles. The minimum absolute atomic E-state index is 0.0648. The number of carbonyl (C=O) groups is 2. The number of nitrogens with zero attached hydrogens (tertiary/aromatic N) is 1. The summed E-state index contributed by atoms with van der Waals surface area (Å²) in [5, 5.41) is 2.92. The Morgan fingerprint density at radius 3 is 2.14 bits per heavy atom. The van der Waals surface area contributed by atoms with Crippen molar-refractivity contribution >= 4 is 11.8 Å². The molecule has 3 rings (SSSR count). The Morgan fingerprint density at radius 2 is 1.55 bits per heavy atom. The molecule has 1 aromatic heterocycles. The average Bonchev–Trinajstić information content (AvgIpc) is 3.25. The third-order valence-electron chi connectivity index (χ3n) is 4.71. The number of rotatable bonds is 8. The number of hydrogen-bond acceptors (Lipinski definition) is 3. The van der Waals surface area contributed by atoms with Crippen molar-refractivity contribution in [2.45, 2.75) is 33.0 Å². The van der Waals surface area contributed by atoms with Gasteiger partial charge in [0.15, 0.2) is 0 Å². The molecule has 2 aromatic carbocycles. The van der Waals surface area contributed by atoms with Crippen molar-refractivity contribution in [1.82, 2.24) is 10.2 Å². The predicted molar refractivity (Wildman–Crippen MR) is 112 cm³/mol. The first-order valence-electron chi connectivity index (χ1n) is 9.75. The minimum atomic E-state index is -0.638. The summed E-state index contributed by atoms with van der Waals surface area (Å²) in [6.07, 6.45) is 1.59. The zero-order valence-electron chi connectivity index (χ0n) is 16.7. The van der Waals surface area contributed by atoms with Gasteiger partial charge in [-0.05, 0) is 35.7 Å². The summed E-state index contributed by atoms with van der Waals surface area (Å²) in [7, 11) is 0. The Kier molecular flexibility index (Phi) is 6.85. The second-order valence-electron chi connectivity index (χ2n) is 7.32. The minimum Gasteiger partial charge on any atom is -0.467 e. The number of nitrogens with one attached hydrogen (secondary N) is 1. The summed E-state index contributed by atoms with van der Waals surface area (Å²) in [4.78, 5) is 27.8. The molecule has 1 N–H and O–H groups in total. The number of hydrogen-bond donors (Lipinski definition) is 1. The topological polar surface area (TPSA) is 62.6 Å². The van der Waals surface area contributed by atoms with Gasteiger partial charge < -0.3 is 14.6 Å². The van der Waals surface area contributed by atoms with E-state index >= 15 is 0 Å². The van der Waals surface area contributed by atoms with Crippen molar-refractivity contribution in [3.8, 4) is 0 Å². The summed E-state index contributed by atoms with van der Waals surface area (Å²) in [6, 6.07) is 21.8. The van der Waals surface area contributed by atoms with Crippen LogP contribution in [-0.2, 0) is 17.9 Å².